The molecule has 0 nitrogen and oxygen atoms in total. The van der Waals surface area contributed by atoms with Gasteiger partial charge < -0.3 is 0 Å². The van der Waals surface area contributed by atoms with E-state index in [0.29, 0.717) is 22.5 Å². The van der Waals surface area contributed by atoms with Gasteiger partial charge in [0.25, 0.3) is 0 Å². The first-order chi connectivity index (χ1) is 12.7. The van der Waals surface area contributed by atoms with Gasteiger partial charge in [0.2, 0.25) is 0 Å². The number of benzene rings is 1. The van der Waals surface area contributed by atoms with E-state index in [1.165, 1.54) is 16.1 Å². The zero-order valence-electron chi connectivity index (χ0n) is 18.7. The summed E-state index contributed by atoms with van der Waals surface area (Å²) in [4.78, 5) is 0. The van der Waals surface area contributed by atoms with Gasteiger partial charge in [-0.3, -0.25) is 0 Å². The van der Waals surface area contributed by atoms with Crippen molar-refractivity contribution >= 4 is 17.7 Å². The molecule has 27 heavy (non-hydrogen) atoms. The van der Waals surface area contributed by atoms with Crippen molar-refractivity contribution in [3.8, 4) is 0 Å². The molecule has 0 saturated heterocycles. The summed E-state index contributed by atoms with van der Waals surface area (Å²) < 4.78 is 2.54. The number of hydrogen-bond acceptors (Lipinski definition) is 0. The van der Waals surface area contributed by atoms with Crippen molar-refractivity contribution < 1.29 is 0 Å². The zero-order chi connectivity index (χ0) is 19.9. The number of allylic oxidation sites excluding steroid dienone is 6. The fourth-order valence-corrected chi connectivity index (χ4v) is 19.1. The molecule has 0 atom stereocenters. The van der Waals surface area contributed by atoms with Crippen LogP contribution in [-0.2, 0) is 0 Å². The molecule has 0 amide bonds. The van der Waals surface area contributed by atoms with Crippen molar-refractivity contribution in [2.75, 3.05) is 0 Å². The van der Waals surface area contributed by atoms with Gasteiger partial charge in [0.1, 0.15) is 0 Å². The van der Waals surface area contributed by atoms with Crippen LogP contribution in [0.1, 0.15) is 89.8 Å². The van der Waals surface area contributed by atoms with E-state index in [1.54, 1.807) is 22.3 Å². The normalized spacial score (nSPS) is 19.5. The molecule has 1 aliphatic heterocycles. The second-order valence-electron chi connectivity index (χ2n) is 9.90. The minimum absolute atomic E-state index is 0.592. The molecule has 0 N–H and O–H groups in total. The molecule has 2 aliphatic rings. The Labute approximate surface area is 170 Å². The third-order valence-corrected chi connectivity index (χ3v) is 18.6. The Balaban J connectivity index is 2.32. The van der Waals surface area contributed by atoms with Crippen LogP contribution < -0.4 is 4.40 Å². The Bertz CT molecular complexity index is 746. The maximum atomic E-state index is 2.58. The van der Waals surface area contributed by atoms with Crippen molar-refractivity contribution in [3.05, 3.63) is 64.3 Å². The van der Waals surface area contributed by atoms with E-state index < -0.39 is 13.3 Å². The van der Waals surface area contributed by atoms with Gasteiger partial charge in [0.15, 0.2) is 0 Å². The zero-order valence-corrected chi connectivity index (χ0v) is 20.8. The average molecular weight is 423 g/mol. The molecule has 0 spiro atoms. The monoisotopic (exact) mass is 424 g/mol. The Hall–Kier alpha value is -1.02. The predicted molar refractivity (Wildman–Crippen MR) is 124 cm³/mol. The summed E-state index contributed by atoms with van der Waals surface area (Å²) in [6.07, 6.45) is 9.65. The molecule has 1 heterocycles. The van der Waals surface area contributed by atoms with Gasteiger partial charge in [-0.2, -0.15) is 0 Å². The van der Waals surface area contributed by atoms with Crippen molar-refractivity contribution in [1.29, 1.82) is 0 Å². The van der Waals surface area contributed by atoms with E-state index >= 15 is 0 Å². The third kappa shape index (κ3) is 3.67. The average Bonchev–Trinajstić information content (AvgIpc) is 3.23. The molecular weight excluding hydrogens is 385 g/mol. The van der Waals surface area contributed by atoms with Gasteiger partial charge >= 0.3 is 170 Å². The van der Waals surface area contributed by atoms with E-state index in [-0.39, 0.29) is 0 Å². The van der Waals surface area contributed by atoms with Crippen LogP contribution >= 0.6 is 0 Å². The summed E-state index contributed by atoms with van der Waals surface area (Å²) in [5, 5.41) is 2.76. The van der Waals surface area contributed by atoms with Crippen molar-refractivity contribution in [2.24, 2.45) is 0 Å². The predicted octanol–water partition coefficient (Wildman–Crippen LogP) is 7.56. The van der Waals surface area contributed by atoms with Gasteiger partial charge in [0.05, 0.1) is 0 Å². The molecule has 0 aromatic heterocycles. The van der Waals surface area contributed by atoms with Crippen LogP contribution in [0, 0.1) is 0 Å². The van der Waals surface area contributed by atoms with E-state index in [4.69, 9.17) is 0 Å². The molecule has 0 bridgehead atoms. The van der Waals surface area contributed by atoms with Crippen molar-refractivity contribution in [3.63, 3.8) is 0 Å². The molecule has 3 rings (SSSR count). The van der Waals surface area contributed by atoms with Crippen LogP contribution in [0.4, 0.5) is 0 Å². The van der Waals surface area contributed by atoms with E-state index in [1.807, 2.05) is 4.40 Å². The molecule has 146 valence electrons. The Morgan fingerprint density at radius 1 is 0.741 bits per heavy atom. The summed E-state index contributed by atoms with van der Waals surface area (Å²) >= 11 is -2.39. The van der Waals surface area contributed by atoms with Gasteiger partial charge in [-0.15, -0.1) is 0 Å². The minimum atomic E-state index is -2.39. The van der Waals surface area contributed by atoms with Crippen molar-refractivity contribution in [1.82, 2.24) is 0 Å². The topological polar surface area (TPSA) is 0 Å². The summed E-state index contributed by atoms with van der Waals surface area (Å²) in [5.74, 6) is 1.78. The second-order valence-corrected chi connectivity index (χ2v) is 18.7. The molecule has 1 aromatic carbocycles. The molecule has 1 aliphatic carbocycles. The Morgan fingerprint density at radius 3 is 1.56 bits per heavy atom. The van der Waals surface area contributed by atoms with E-state index in [9.17, 15) is 0 Å². The van der Waals surface area contributed by atoms with Crippen molar-refractivity contribution in [2.45, 2.75) is 88.4 Å². The van der Waals surface area contributed by atoms with Gasteiger partial charge in [-0.25, -0.2) is 0 Å². The number of hydrogen-bond donors (Lipinski definition) is 0. The molecular formula is C26H38Ge. The standard InChI is InChI=1S/C26H38Ge/c1-17(2)22-13-24(18(3)4)26(25(14-22)19(5)6)27(23-11-9-10-12-23)15-20(7)21(8)16-27/h9-14,17-19,23H,15-16H2,1-8H3. The second kappa shape index (κ2) is 7.78. The van der Waals surface area contributed by atoms with Crippen LogP contribution in [-0.4, -0.2) is 13.3 Å². The Morgan fingerprint density at radius 2 is 1.19 bits per heavy atom. The first-order valence-corrected chi connectivity index (χ1v) is 16.1. The molecule has 0 saturated carbocycles. The van der Waals surface area contributed by atoms with E-state index in [2.05, 4.69) is 91.8 Å². The molecule has 1 heteroatoms. The van der Waals surface area contributed by atoms with Gasteiger partial charge in [-0.05, 0) is 0 Å². The summed E-state index contributed by atoms with van der Waals surface area (Å²) in [6, 6.07) is 5.16. The van der Waals surface area contributed by atoms with Crippen LogP contribution in [0.25, 0.3) is 0 Å². The molecule has 0 fully saturated rings. The number of rotatable bonds is 5. The van der Waals surface area contributed by atoms with Gasteiger partial charge in [-0.1, -0.05) is 0 Å². The summed E-state index contributed by atoms with van der Waals surface area (Å²) in [5.41, 5.74) is 8.23. The molecule has 1 aromatic rings. The van der Waals surface area contributed by atoms with Crippen LogP contribution in [0.5, 0.6) is 0 Å². The van der Waals surface area contributed by atoms with Crippen LogP contribution in [0.15, 0.2) is 47.6 Å². The quantitative estimate of drug-likeness (QED) is 0.339. The fraction of sp³-hybridized carbons (Fsp3) is 0.538. The molecule has 0 unspecified atom stereocenters. The fourth-order valence-electron chi connectivity index (χ4n) is 5.22. The van der Waals surface area contributed by atoms with Gasteiger partial charge in [0, 0.05) is 0 Å². The third-order valence-electron chi connectivity index (χ3n) is 6.91. The summed E-state index contributed by atoms with van der Waals surface area (Å²) in [6.45, 7) is 19.1. The van der Waals surface area contributed by atoms with Crippen LogP contribution in [0.2, 0.25) is 15.3 Å². The molecule has 0 radical (unpaired) electrons. The SMILES string of the molecule is CC1=C(C)[CH2][Ge]([c]2c(C(C)C)cc(C(C)C)cc2C(C)C)([CH]2C=CC=C2)[CH2]1. The Kier molecular flexibility index (Phi) is 5.97. The first-order valence-electron chi connectivity index (χ1n) is 10.9. The first kappa shape index (κ1) is 20.7. The van der Waals surface area contributed by atoms with E-state index in [0.717, 1.165) is 0 Å². The summed E-state index contributed by atoms with van der Waals surface area (Å²) in [7, 11) is 0. The van der Waals surface area contributed by atoms with Crippen LogP contribution in [0.3, 0.4) is 0 Å². The maximum absolute atomic E-state index is 2.58.